The van der Waals surface area contributed by atoms with Crippen LogP contribution in [0.5, 0.6) is 5.88 Å². The van der Waals surface area contributed by atoms with Gasteiger partial charge in [0, 0.05) is 22.8 Å². The van der Waals surface area contributed by atoms with Crippen molar-refractivity contribution < 1.29 is 4.74 Å². The highest BCUT2D eigenvalue weighted by Crippen LogP contribution is 2.22. The number of nitrogens with one attached hydrogen (secondary N) is 1. The Morgan fingerprint density at radius 1 is 1.35 bits per heavy atom. The van der Waals surface area contributed by atoms with Crippen LogP contribution in [0.1, 0.15) is 46.6 Å². The van der Waals surface area contributed by atoms with Gasteiger partial charge in [-0.3, -0.25) is 0 Å². The van der Waals surface area contributed by atoms with Crippen molar-refractivity contribution in [2.75, 3.05) is 13.2 Å². The highest BCUT2D eigenvalue weighted by molar-refractivity contribution is 9.10. The maximum atomic E-state index is 5.85. The first-order valence-corrected chi connectivity index (χ1v) is 8.05. The monoisotopic (exact) mass is 342 g/mol. The van der Waals surface area contributed by atoms with Crippen molar-refractivity contribution >= 4 is 15.9 Å². The topological polar surface area (TPSA) is 34.2 Å². The summed E-state index contributed by atoms with van der Waals surface area (Å²) in [6, 6.07) is 2.08. The van der Waals surface area contributed by atoms with Gasteiger partial charge in [0.15, 0.2) is 0 Å². The van der Waals surface area contributed by atoms with E-state index in [1.165, 1.54) is 0 Å². The molecule has 0 atom stereocenters. The fraction of sp³-hybridized carbons (Fsp3) is 0.688. The van der Waals surface area contributed by atoms with Gasteiger partial charge in [-0.15, -0.1) is 0 Å². The van der Waals surface area contributed by atoms with Crippen LogP contribution in [0.2, 0.25) is 0 Å². The molecule has 1 heterocycles. The summed E-state index contributed by atoms with van der Waals surface area (Å²) in [5, 5.41) is 3.43. The Morgan fingerprint density at radius 2 is 2.05 bits per heavy atom. The SMILES string of the molecule is CC(C)CNCc1cc(Br)cnc1OCCC(C)(C)C. The number of aromatic nitrogens is 1. The molecule has 1 aromatic heterocycles. The lowest BCUT2D eigenvalue weighted by Gasteiger charge is -2.19. The zero-order chi connectivity index (χ0) is 15.2. The molecule has 0 radical (unpaired) electrons. The van der Waals surface area contributed by atoms with Gasteiger partial charge < -0.3 is 10.1 Å². The highest BCUT2D eigenvalue weighted by atomic mass is 79.9. The van der Waals surface area contributed by atoms with E-state index in [2.05, 4.69) is 66.9 Å². The van der Waals surface area contributed by atoms with Gasteiger partial charge in [0.05, 0.1) is 6.61 Å². The van der Waals surface area contributed by atoms with Gasteiger partial charge in [-0.25, -0.2) is 4.98 Å². The second kappa shape index (κ2) is 7.99. The van der Waals surface area contributed by atoms with Gasteiger partial charge in [0.2, 0.25) is 5.88 Å². The average Bonchev–Trinajstić information content (AvgIpc) is 2.30. The smallest absolute Gasteiger partial charge is 0.217 e. The Morgan fingerprint density at radius 3 is 2.65 bits per heavy atom. The molecule has 0 bridgehead atoms. The summed E-state index contributed by atoms with van der Waals surface area (Å²) in [4.78, 5) is 4.39. The third-order valence-corrected chi connectivity index (χ3v) is 3.28. The Hall–Kier alpha value is -0.610. The van der Waals surface area contributed by atoms with Crippen molar-refractivity contribution in [1.82, 2.24) is 10.3 Å². The first kappa shape index (κ1) is 17.4. The van der Waals surface area contributed by atoms with E-state index in [0.29, 0.717) is 12.5 Å². The molecule has 0 amide bonds. The number of pyridine rings is 1. The molecule has 0 saturated carbocycles. The molecule has 0 saturated heterocycles. The van der Waals surface area contributed by atoms with Crippen molar-refractivity contribution in [2.45, 2.75) is 47.6 Å². The van der Waals surface area contributed by atoms with Crippen LogP contribution in [0.15, 0.2) is 16.7 Å². The lowest BCUT2D eigenvalue weighted by Crippen LogP contribution is -2.20. The predicted octanol–water partition coefficient (Wildman–Crippen LogP) is 4.40. The molecule has 4 heteroatoms. The fourth-order valence-corrected chi connectivity index (χ4v) is 2.05. The van der Waals surface area contributed by atoms with Crippen molar-refractivity contribution in [3.05, 3.63) is 22.3 Å². The summed E-state index contributed by atoms with van der Waals surface area (Å²) in [6.07, 6.45) is 2.81. The Kier molecular flexibility index (Phi) is 6.96. The number of ether oxygens (including phenoxy) is 1. The zero-order valence-corrected chi connectivity index (χ0v) is 14.9. The molecular formula is C16H27BrN2O. The van der Waals surface area contributed by atoms with Gasteiger partial charge in [-0.2, -0.15) is 0 Å². The van der Waals surface area contributed by atoms with Crippen LogP contribution in [-0.4, -0.2) is 18.1 Å². The third-order valence-electron chi connectivity index (χ3n) is 2.85. The number of halogens is 1. The van der Waals surface area contributed by atoms with E-state index in [9.17, 15) is 0 Å². The largest absolute Gasteiger partial charge is 0.477 e. The molecule has 0 fully saturated rings. The van der Waals surface area contributed by atoms with Crippen LogP contribution < -0.4 is 10.1 Å². The summed E-state index contributed by atoms with van der Waals surface area (Å²) in [6.45, 7) is 13.5. The molecule has 3 nitrogen and oxygen atoms in total. The standard InChI is InChI=1S/C16H27BrN2O/c1-12(2)9-18-10-13-8-14(17)11-19-15(13)20-7-6-16(3,4)5/h8,11-12,18H,6-7,9-10H2,1-5H3. The van der Waals surface area contributed by atoms with E-state index in [4.69, 9.17) is 4.74 Å². The number of nitrogens with zero attached hydrogens (tertiary/aromatic N) is 1. The van der Waals surface area contributed by atoms with Crippen LogP contribution in [0, 0.1) is 11.3 Å². The molecule has 114 valence electrons. The van der Waals surface area contributed by atoms with Gasteiger partial charge >= 0.3 is 0 Å². The van der Waals surface area contributed by atoms with E-state index in [1.54, 1.807) is 6.20 Å². The molecule has 1 aromatic rings. The second-order valence-corrected chi connectivity index (χ2v) is 7.72. The first-order valence-electron chi connectivity index (χ1n) is 7.26. The molecule has 20 heavy (non-hydrogen) atoms. The lowest BCUT2D eigenvalue weighted by molar-refractivity contribution is 0.234. The van der Waals surface area contributed by atoms with Gasteiger partial charge in [-0.05, 0) is 46.3 Å². The summed E-state index contributed by atoms with van der Waals surface area (Å²) in [5.74, 6) is 1.38. The molecule has 0 spiro atoms. The van der Waals surface area contributed by atoms with Gasteiger partial charge in [0.1, 0.15) is 0 Å². The number of hydrogen-bond acceptors (Lipinski definition) is 3. The molecule has 0 aromatic carbocycles. The van der Waals surface area contributed by atoms with Crippen molar-refractivity contribution in [3.63, 3.8) is 0 Å². The fourth-order valence-electron chi connectivity index (χ4n) is 1.67. The summed E-state index contributed by atoms with van der Waals surface area (Å²) < 4.78 is 6.84. The van der Waals surface area contributed by atoms with Crippen LogP contribution in [0.3, 0.4) is 0 Å². The minimum atomic E-state index is 0.283. The normalized spacial score (nSPS) is 11.9. The van der Waals surface area contributed by atoms with Crippen LogP contribution in [-0.2, 0) is 6.54 Å². The maximum Gasteiger partial charge on any atom is 0.217 e. The third kappa shape index (κ3) is 7.25. The van der Waals surface area contributed by atoms with Crippen molar-refractivity contribution in [2.24, 2.45) is 11.3 Å². The van der Waals surface area contributed by atoms with Gasteiger partial charge in [0.25, 0.3) is 0 Å². The molecule has 0 aliphatic carbocycles. The average molecular weight is 343 g/mol. The van der Waals surface area contributed by atoms with Crippen molar-refractivity contribution in [1.29, 1.82) is 0 Å². The minimum absolute atomic E-state index is 0.283. The zero-order valence-electron chi connectivity index (χ0n) is 13.3. The molecule has 0 unspecified atom stereocenters. The molecule has 1 N–H and O–H groups in total. The van der Waals surface area contributed by atoms with Crippen molar-refractivity contribution in [3.8, 4) is 5.88 Å². The Bertz CT molecular complexity index is 413. The van der Waals surface area contributed by atoms with E-state index in [0.717, 1.165) is 35.4 Å². The van der Waals surface area contributed by atoms with Crippen LogP contribution in [0.25, 0.3) is 0 Å². The van der Waals surface area contributed by atoms with E-state index in [1.807, 2.05) is 0 Å². The van der Waals surface area contributed by atoms with E-state index < -0.39 is 0 Å². The number of rotatable bonds is 7. The first-order chi connectivity index (χ1) is 9.28. The van der Waals surface area contributed by atoms with E-state index in [-0.39, 0.29) is 5.41 Å². The molecule has 0 aliphatic heterocycles. The van der Waals surface area contributed by atoms with E-state index >= 15 is 0 Å². The summed E-state index contributed by atoms with van der Waals surface area (Å²) in [5.41, 5.74) is 1.39. The highest BCUT2D eigenvalue weighted by Gasteiger charge is 2.12. The quantitative estimate of drug-likeness (QED) is 0.797. The lowest BCUT2D eigenvalue weighted by atomic mass is 9.93. The molecular weight excluding hydrogens is 316 g/mol. The predicted molar refractivity (Wildman–Crippen MR) is 88.0 cm³/mol. The minimum Gasteiger partial charge on any atom is -0.477 e. The maximum absolute atomic E-state index is 5.85. The Labute approximate surface area is 131 Å². The van der Waals surface area contributed by atoms with Crippen LogP contribution >= 0.6 is 15.9 Å². The Balaban J connectivity index is 2.60. The number of hydrogen-bond donors (Lipinski definition) is 1. The molecule has 1 rings (SSSR count). The van der Waals surface area contributed by atoms with Gasteiger partial charge in [-0.1, -0.05) is 34.6 Å². The second-order valence-electron chi connectivity index (χ2n) is 6.80. The molecule has 0 aliphatic rings. The summed E-state index contributed by atoms with van der Waals surface area (Å²) in [7, 11) is 0. The van der Waals surface area contributed by atoms with Crippen LogP contribution in [0.4, 0.5) is 0 Å². The summed E-state index contributed by atoms with van der Waals surface area (Å²) >= 11 is 3.47.